The number of hydrogen-bond donors (Lipinski definition) is 0. The fourth-order valence-electron chi connectivity index (χ4n) is 8.43. The Hall–Kier alpha value is -0.520. The first-order valence-electron chi connectivity index (χ1n) is 12.6. The van der Waals surface area contributed by atoms with Crippen LogP contribution >= 0.6 is 0 Å². The van der Waals surface area contributed by atoms with Crippen molar-refractivity contribution in [3.05, 3.63) is 23.3 Å². The van der Waals surface area contributed by atoms with Gasteiger partial charge in [0.15, 0.2) is 0 Å². The van der Waals surface area contributed by atoms with Crippen LogP contribution in [0.2, 0.25) is 0 Å². The number of hydrogen-bond acceptors (Lipinski definition) is 0. The number of fused-ring (bicyclic) bond motifs is 4. The fourth-order valence-corrected chi connectivity index (χ4v) is 8.43. The van der Waals surface area contributed by atoms with E-state index >= 15 is 0 Å². The molecule has 0 heterocycles. The summed E-state index contributed by atoms with van der Waals surface area (Å²) in [6, 6.07) is 0. The normalized spacial score (nSPS) is 38.1. The van der Waals surface area contributed by atoms with Crippen LogP contribution in [0.25, 0.3) is 0 Å². The molecule has 166 valence electrons. The number of rotatable bonds is 5. The summed E-state index contributed by atoms with van der Waals surface area (Å²) < 4.78 is 0. The highest BCUT2D eigenvalue weighted by Crippen LogP contribution is 2.64. The molecule has 0 radical (unpaired) electrons. The van der Waals surface area contributed by atoms with Gasteiger partial charge in [0, 0.05) is 0 Å². The largest absolute Gasteiger partial charge is 0.0996 e. The van der Waals surface area contributed by atoms with Crippen LogP contribution in [-0.2, 0) is 0 Å². The molecule has 0 heteroatoms. The molecule has 4 aliphatic rings. The molecule has 2 fully saturated rings. The standard InChI is InChI=1S/C28H46.CH4/c1-19(2)20(3)9-7-10-21-11-12-23-22(21)13-15-25-24(23)14-16-26-27(4,5)17-8-18-28(25,26)6;/h19,21-23,26H,3,7-18H2,1-2,4-6H3;1H4. The quantitative estimate of drug-likeness (QED) is 0.404. The summed E-state index contributed by atoms with van der Waals surface area (Å²) in [5.74, 6) is 4.58. The van der Waals surface area contributed by atoms with Gasteiger partial charge in [0.05, 0.1) is 0 Å². The lowest BCUT2D eigenvalue weighted by Gasteiger charge is -2.57. The van der Waals surface area contributed by atoms with Gasteiger partial charge in [-0.05, 0) is 111 Å². The minimum Gasteiger partial charge on any atom is -0.0996 e. The molecular weight excluding hydrogens is 348 g/mol. The maximum Gasteiger partial charge on any atom is -0.00802 e. The highest BCUT2D eigenvalue weighted by molar-refractivity contribution is 5.33. The molecule has 0 aromatic carbocycles. The van der Waals surface area contributed by atoms with Crippen molar-refractivity contribution in [2.45, 2.75) is 119 Å². The van der Waals surface area contributed by atoms with Crippen molar-refractivity contribution >= 4 is 0 Å². The summed E-state index contributed by atoms with van der Waals surface area (Å²) in [5.41, 5.74) is 6.52. The Morgan fingerprint density at radius 3 is 2.52 bits per heavy atom. The lowest BCUT2D eigenvalue weighted by Crippen LogP contribution is -2.47. The Kier molecular flexibility index (Phi) is 6.82. The van der Waals surface area contributed by atoms with E-state index < -0.39 is 0 Å². The van der Waals surface area contributed by atoms with Gasteiger partial charge in [0.2, 0.25) is 0 Å². The molecule has 0 spiro atoms. The molecule has 0 aromatic heterocycles. The molecule has 0 amide bonds. The summed E-state index contributed by atoms with van der Waals surface area (Å²) in [4.78, 5) is 0. The maximum atomic E-state index is 4.30. The topological polar surface area (TPSA) is 0 Å². The Labute approximate surface area is 183 Å². The smallest absolute Gasteiger partial charge is 0.00802 e. The van der Waals surface area contributed by atoms with Crippen molar-refractivity contribution in [1.82, 2.24) is 0 Å². The molecule has 4 aliphatic carbocycles. The predicted octanol–water partition coefficient (Wildman–Crippen LogP) is 9.36. The van der Waals surface area contributed by atoms with Crippen LogP contribution in [0.3, 0.4) is 0 Å². The van der Waals surface area contributed by atoms with E-state index in [4.69, 9.17) is 0 Å². The molecule has 0 aliphatic heterocycles. The van der Waals surface area contributed by atoms with Gasteiger partial charge in [0.25, 0.3) is 0 Å². The van der Waals surface area contributed by atoms with Gasteiger partial charge in [-0.2, -0.15) is 0 Å². The first kappa shape index (κ1) is 23.1. The van der Waals surface area contributed by atoms with E-state index in [0.29, 0.717) is 16.7 Å². The van der Waals surface area contributed by atoms with E-state index in [1.165, 1.54) is 82.6 Å². The van der Waals surface area contributed by atoms with E-state index in [2.05, 4.69) is 41.2 Å². The van der Waals surface area contributed by atoms with Crippen LogP contribution in [0.15, 0.2) is 23.3 Å². The zero-order chi connectivity index (χ0) is 20.1. The van der Waals surface area contributed by atoms with Crippen molar-refractivity contribution in [2.75, 3.05) is 0 Å². The molecule has 0 aromatic rings. The molecule has 2 saturated carbocycles. The van der Waals surface area contributed by atoms with Crippen LogP contribution in [0.1, 0.15) is 119 Å². The molecule has 0 bridgehead atoms. The third kappa shape index (κ3) is 4.04. The molecular formula is C29H50. The SMILES string of the molecule is C.C=C(CCCC1CCC2C3=C(CCC12)C1(C)CCCC(C)(C)C1CC3)C(C)C. The van der Waals surface area contributed by atoms with E-state index in [0.717, 1.165) is 23.7 Å². The van der Waals surface area contributed by atoms with Gasteiger partial charge < -0.3 is 0 Å². The van der Waals surface area contributed by atoms with E-state index in [1.54, 1.807) is 0 Å². The summed E-state index contributed by atoms with van der Waals surface area (Å²) in [5, 5.41) is 0. The summed E-state index contributed by atoms with van der Waals surface area (Å²) in [6.07, 6.45) is 17.3. The highest BCUT2D eigenvalue weighted by atomic mass is 14.6. The van der Waals surface area contributed by atoms with Gasteiger partial charge in [-0.25, -0.2) is 0 Å². The van der Waals surface area contributed by atoms with E-state index in [9.17, 15) is 0 Å². The molecule has 0 saturated heterocycles. The summed E-state index contributed by atoms with van der Waals surface area (Å²) in [6.45, 7) is 16.7. The monoisotopic (exact) mass is 398 g/mol. The Balaban J connectivity index is 0.00000240. The van der Waals surface area contributed by atoms with Crippen molar-refractivity contribution in [3.63, 3.8) is 0 Å². The lowest BCUT2D eigenvalue weighted by atomic mass is 9.48. The van der Waals surface area contributed by atoms with Gasteiger partial charge in [0.1, 0.15) is 0 Å². The molecule has 0 N–H and O–H groups in total. The van der Waals surface area contributed by atoms with Crippen LogP contribution in [0.5, 0.6) is 0 Å². The highest BCUT2D eigenvalue weighted by Gasteiger charge is 2.53. The zero-order valence-electron chi connectivity index (χ0n) is 19.6. The molecule has 5 atom stereocenters. The average Bonchev–Trinajstić information content (AvgIpc) is 3.04. The Morgan fingerprint density at radius 1 is 1.03 bits per heavy atom. The molecule has 5 unspecified atom stereocenters. The van der Waals surface area contributed by atoms with Gasteiger partial charge in [-0.1, -0.05) is 71.8 Å². The van der Waals surface area contributed by atoms with E-state index in [1.807, 2.05) is 11.1 Å². The van der Waals surface area contributed by atoms with Crippen molar-refractivity contribution in [3.8, 4) is 0 Å². The van der Waals surface area contributed by atoms with E-state index in [-0.39, 0.29) is 7.43 Å². The third-order valence-corrected chi connectivity index (χ3v) is 10.0. The Morgan fingerprint density at radius 2 is 1.79 bits per heavy atom. The van der Waals surface area contributed by atoms with Crippen LogP contribution < -0.4 is 0 Å². The van der Waals surface area contributed by atoms with Gasteiger partial charge >= 0.3 is 0 Å². The van der Waals surface area contributed by atoms with Crippen LogP contribution in [-0.4, -0.2) is 0 Å². The zero-order valence-corrected chi connectivity index (χ0v) is 19.6. The first-order chi connectivity index (χ1) is 13.2. The second-order valence-electron chi connectivity index (χ2n) is 12.2. The minimum absolute atomic E-state index is 0. The lowest BCUT2D eigenvalue weighted by molar-refractivity contribution is 0.00405. The predicted molar refractivity (Wildman–Crippen MR) is 129 cm³/mol. The Bertz CT molecular complexity index is 632. The summed E-state index contributed by atoms with van der Waals surface area (Å²) >= 11 is 0. The van der Waals surface area contributed by atoms with Crippen molar-refractivity contribution in [2.24, 2.45) is 40.4 Å². The minimum atomic E-state index is 0. The average molecular weight is 399 g/mol. The molecule has 4 rings (SSSR count). The van der Waals surface area contributed by atoms with Crippen molar-refractivity contribution in [1.29, 1.82) is 0 Å². The van der Waals surface area contributed by atoms with Gasteiger partial charge in [-0.3, -0.25) is 0 Å². The van der Waals surface area contributed by atoms with Crippen molar-refractivity contribution < 1.29 is 0 Å². The molecule has 29 heavy (non-hydrogen) atoms. The third-order valence-electron chi connectivity index (χ3n) is 10.0. The second kappa shape index (κ2) is 8.55. The summed E-state index contributed by atoms with van der Waals surface area (Å²) in [7, 11) is 0. The number of allylic oxidation sites excluding steroid dienone is 3. The fraction of sp³-hybridized carbons (Fsp3) is 0.862. The molecule has 0 nitrogen and oxygen atoms in total. The van der Waals surface area contributed by atoms with Gasteiger partial charge in [-0.15, -0.1) is 0 Å². The first-order valence-corrected chi connectivity index (χ1v) is 12.6. The maximum absolute atomic E-state index is 4.30. The second-order valence-corrected chi connectivity index (χ2v) is 12.2. The van der Waals surface area contributed by atoms with Crippen LogP contribution in [0.4, 0.5) is 0 Å². The van der Waals surface area contributed by atoms with Crippen LogP contribution in [0, 0.1) is 40.4 Å².